The van der Waals surface area contributed by atoms with Crippen LogP contribution in [0.5, 0.6) is 0 Å². The second kappa shape index (κ2) is 8.27. The molecule has 154 valence electrons. The Morgan fingerprint density at radius 2 is 1.97 bits per heavy atom. The van der Waals surface area contributed by atoms with Crippen molar-refractivity contribution in [2.24, 2.45) is 9.98 Å². The number of anilines is 1. The maximum Gasteiger partial charge on any atom is 0.417 e. The molecule has 7 nitrogen and oxygen atoms in total. The Balaban J connectivity index is 2.08. The zero-order valence-electron chi connectivity index (χ0n) is 16.1. The summed E-state index contributed by atoms with van der Waals surface area (Å²) in [5.74, 6) is -0.326. The molecule has 0 fully saturated rings. The number of carbonyl (C=O) groups is 1. The van der Waals surface area contributed by atoms with E-state index in [2.05, 4.69) is 32.1 Å². The number of allylic oxidation sites excluding steroid dienone is 1. The van der Waals surface area contributed by atoms with Crippen LogP contribution in [0.2, 0.25) is 0 Å². The lowest BCUT2D eigenvalue weighted by Gasteiger charge is -2.12. The summed E-state index contributed by atoms with van der Waals surface area (Å²) in [6, 6.07) is 8.14. The summed E-state index contributed by atoms with van der Waals surface area (Å²) in [6.45, 7) is 6.53. The number of nitrogens with one attached hydrogen (secondary N) is 1. The van der Waals surface area contributed by atoms with Crippen LogP contribution in [0.15, 0.2) is 58.2 Å². The number of aliphatic imine (C=N–C) groups is 2. The van der Waals surface area contributed by atoms with Crippen LogP contribution in [0.25, 0.3) is 16.9 Å². The molecule has 0 atom stereocenters. The number of fused-ring (bicyclic) bond motifs is 1. The van der Waals surface area contributed by atoms with Crippen LogP contribution in [0.1, 0.15) is 18.2 Å². The van der Waals surface area contributed by atoms with Crippen molar-refractivity contribution in [3.05, 3.63) is 59.4 Å². The van der Waals surface area contributed by atoms with E-state index in [-0.39, 0.29) is 22.8 Å². The second-order valence-corrected chi connectivity index (χ2v) is 6.13. The van der Waals surface area contributed by atoms with Gasteiger partial charge in [-0.15, -0.1) is 0 Å². The molecule has 2 aromatic heterocycles. The van der Waals surface area contributed by atoms with Gasteiger partial charge in [0.1, 0.15) is 12.0 Å². The number of hydrogen-bond acceptors (Lipinski definition) is 4. The minimum Gasteiger partial charge on any atom is -0.304 e. The molecule has 0 aliphatic heterocycles. The van der Waals surface area contributed by atoms with Crippen LogP contribution < -0.4 is 5.32 Å². The van der Waals surface area contributed by atoms with Gasteiger partial charge in [-0.1, -0.05) is 24.3 Å². The predicted octanol–water partition coefficient (Wildman–Crippen LogP) is 4.29. The number of nitrogens with zero attached hydrogens (tertiary/aromatic N) is 5. The zero-order chi connectivity index (χ0) is 21.9. The van der Waals surface area contributed by atoms with E-state index < -0.39 is 17.6 Å². The smallest absolute Gasteiger partial charge is 0.304 e. The van der Waals surface area contributed by atoms with Crippen molar-refractivity contribution in [2.45, 2.75) is 20.0 Å². The summed E-state index contributed by atoms with van der Waals surface area (Å²) in [5.41, 5.74) is 0.0968. The summed E-state index contributed by atoms with van der Waals surface area (Å²) >= 11 is 0. The van der Waals surface area contributed by atoms with Crippen molar-refractivity contribution in [1.82, 2.24) is 14.6 Å². The molecule has 0 aliphatic carbocycles. The van der Waals surface area contributed by atoms with E-state index in [1.807, 2.05) is 0 Å². The number of aromatic nitrogens is 3. The van der Waals surface area contributed by atoms with Crippen molar-refractivity contribution < 1.29 is 18.0 Å². The Kier molecular flexibility index (Phi) is 5.77. The molecule has 3 rings (SSSR count). The molecule has 1 N–H and O–H groups in total. The summed E-state index contributed by atoms with van der Waals surface area (Å²) in [7, 11) is 0. The lowest BCUT2D eigenvalue weighted by Crippen LogP contribution is -2.16. The third-order valence-corrected chi connectivity index (χ3v) is 4.18. The molecule has 0 saturated heterocycles. The van der Waals surface area contributed by atoms with Gasteiger partial charge in [-0.25, -0.2) is 9.98 Å². The van der Waals surface area contributed by atoms with Gasteiger partial charge in [0.2, 0.25) is 0 Å². The molecule has 10 heteroatoms. The van der Waals surface area contributed by atoms with E-state index in [1.165, 1.54) is 40.9 Å². The normalized spacial score (nSPS) is 12.5. The molecule has 0 saturated carbocycles. The lowest BCUT2D eigenvalue weighted by molar-refractivity contribution is -0.137. The summed E-state index contributed by atoms with van der Waals surface area (Å²) in [5, 5.41) is 6.94. The third kappa shape index (κ3) is 4.12. The number of hydrogen-bond donors (Lipinski definition) is 1. The molecule has 1 amide bonds. The van der Waals surface area contributed by atoms with E-state index >= 15 is 0 Å². The number of benzene rings is 1. The van der Waals surface area contributed by atoms with E-state index in [0.29, 0.717) is 11.3 Å². The van der Waals surface area contributed by atoms with Crippen LogP contribution in [0.3, 0.4) is 0 Å². The number of aryl methyl sites for hydroxylation is 1. The zero-order valence-corrected chi connectivity index (χ0v) is 16.1. The molecule has 2 heterocycles. The minimum absolute atomic E-state index is 0.0775. The van der Waals surface area contributed by atoms with Gasteiger partial charge in [0.25, 0.3) is 5.91 Å². The Bertz CT molecular complexity index is 1180. The van der Waals surface area contributed by atoms with Crippen LogP contribution in [0.4, 0.5) is 19.0 Å². The Hall–Kier alpha value is -3.82. The third-order valence-electron chi connectivity index (χ3n) is 4.18. The van der Waals surface area contributed by atoms with E-state index in [0.717, 1.165) is 12.4 Å². The molecular weight excluding hydrogens is 397 g/mol. The van der Waals surface area contributed by atoms with Gasteiger partial charge in [0.15, 0.2) is 11.5 Å². The van der Waals surface area contributed by atoms with Gasteiger partial charge in [-0.05, 0) is 38.8 Å². The van der Waals surface area contributed by atoms with Crippen LogP contribution in [-0.2, 0) is 11.0 Å². The number of carbonyl (C=O) groups excluding carboxylic acids is 1. The van der Waals surface area contributed by atoms with Gasteiger partial charge < -0.3 is 5.32 Å². The Morgan fingerprint density at radius 1 is 1.23 bits per heavy atom. The fourth-order valence-corrected chi connectivity index (χ4v) is 2.82. The number of rotatable bonds is 5. The number of imidazole rings is 1. The van der Waals surface area contributed by atoms with Gasteiger partial charge in [-0.3, -0.25) is 9.79 Å². The highest BCUT2D eigenvalue weighted by molar-refractivity contribution is 6.04. The second-order valence-electron chi connectivity index (χ2n) is 6.13. The van der Waals surface area contributed by atoms with Crippen molar-refractivity contribution in [3.8, 4) is 11.3 Å². The van der Waals surface area contributed by atoms with Gasteiger partial charge in [-0.2, -0.15) is 22.8 Å². The summed E-state index contributed by atoms with van der Waals surface area (Å²) in [6.07, 6.45) is -1.93. The number of halogens is 3. The fourth-order valence-electron chi connectivity index (χ4n) is 2.82. The molecule has 0 aliphatic rings. The van der Waals surface area contributed by atoms with E-state index in [9.17, 15) is 18.0 Å². The van der Waals surface area contributed by atoms with Crippen LogP contribution >= 0.6 is 0 Å². The van der Waals surface area contributed by atoms with E-state index in [4.69, 9.17) is 0 Å². The summed E-state index contributed by atoms with van der Waals surface area (Å²) < 4.78 is 41.5. The number of amides is 1. The van der Waals surface area contributed by atoms with Crippen molar-refractivity contribution in [1.29, 1.82) is 0 Å². The quantitative estimate of drug-likeness (QED) is 0.384. The van der Waals surface area contributed by atoms with Crippen molar-refractivity contribution in [2.75, 3.05) is 5.32 Å². The van der Waals surface area contributed by atoms with Gasteiger partial charge in [0, 0.05) is 5.56 Å². The van der Waals surface area contributed by atoms with Gasteiger partial charge >= 0.3 is 6.18 Å². The topological polar surface area (TPSA) is 84.0 Å². The molecule has 3 aromatic rings. The highest BCUT2D eigenvalue weighted by atomic mass is 19.4. The molecular formula is C20H17F3N6O. The van der Waals surface area contributed by atoms with Crippen LogP contribution in [0, 0.1) is 6.92 Å². The lowest BCUT2D eigenvalue weighted by atomic mass is 10.0. The highest BCUT2D eigenvalue weighted by Crippen LogP contribution is 2.36. The minimum atomic E-state index is -4.53. The molecule has 0 radical (unpaired) electrons. The van der Waals surface area contributed by atoms with Crippen LogP contribution in [-0.4, -0.2) is 33.6 Å². The largest absolute Gasteiger partial charge is 0.417 e. The Labute approximate surface area is 169 Å². The molecule has 0 bridgehead atoms. The fraction of sp³-hybridized carbons (Fsp3) is 0.150. The average Bonchev–Trinajstić information content (AvgIpc) is 3.02. The first-order valence-corrected chi connectivity index (χ1v) is 8.75. The monoisotopic (exact) mass is 414 g/mol. The predicted molar refractivity (Wildman–Crippen MR) is 109 cm³/mol. The highest BCUT2D eigenvalue weighted by Gasteiger charge is 2.33. The van der Waals surface area contributed by atoms with Gasteiger partial charge in [0.05, 0.1) is 17.0 Å². The van der Waals surface area contributed by atoms with E-state index in [1.54, 1.807) is 13.8 Å². The summed E-state index contributed by atoms with van der Waals surface area (Å²) in [4.78, 5) is 24.1. The SMILES string of the molecule is C=NC=NC(=CC)C(=O)Nc1c(C)nc2ccc(-c3ccccc3C(F)(F)F)nn12. The van der Waals surface area contributed by atoms with Crippen molar-refractivity contribution in [3.63, 3.8) is 0 Å². The first-order valence-electron chi connectivity index (χ1n) is 8.75. The molecule has 30 heavy (non-hydrogen) atoms. The average molecular weight is 414 g/mol. The number of alkyl halides is 3. The molecule has 1 aromatic carbocycles. The first-order chi connectivity index (χ1) is 14.3. The van der Waals surface area contributed by atoms with Crippen molar-refractivity contribution >= 4 is 30.4 Å². The molecule has 0 unspecified atom stereocenters. The maximum atomic E-state index is 13.4. The first kappa shape index (κ1) is 20.9. The standard InChI is InChI=1S/C20H17F3N6O/c1-4-15(25-11-24-3)19(30)27-18-12(2)26-17-10-9-16(28-29(17)18)13-7-5-6-8-14(13)20(21,22)23/h4-11H,3H2,1-2H3,(H,27,30). The molecule has 0 spiro atoms. The maximum absolute atomic E-state index is 13.4. The Morgan fingerprint density at radius 3 is 2.63 bits per heavy atom.